The second-order valence-corrected chi connectivity index (χ2v) is 30.3. The van der Waals surface area contributed by atoms with Crippen LogP contribution < -0.4 is 5.32 Å². The summed E-state index contributed by atoms with van der Waals surface area (Å²) in [5.74, 6) is -0.248. The average Bonchev–Trinajstić information content (AvgIpc) is 0.790. The van der Waals surface area contributed by atoms with Crippen LogP contribution in [0.3, 0.4) is 0 Å². The van der Waals surface area contributed by atoms with Crippen molar-refractivity contribution in [2.75, 3.05) is 19.8 Å². The third kappa shape index (κ3) is 55.7. The molecule has 0 spiro atoms. The lowest BCUT2D eigenvalue weighted by Gasteiger charge is -2.46. The minimum Gasteiger partial charge on any atom is -0.394 e. The summed E-state index contributed by atoms with van der Waals surface area (Å²) < 4.78 is 22.9. The molecule has 12 unspecified atom stereocenters. The number of nitrogens with one attached hydrogen (secondary N) is 1. The highest BCUT2D eigenvalue weighted by molar-refractivity contribution is 5.76. The van der Waals surface area contributed by atoms with Crippen molar-refractivity contribution in [3.63, 3.8) is 0 Å². The van der Waals surface area contributed by atoms with E-state index >= 15 is 0 Å². The Labute approximate surface area is 648 Å². The first-order chi connectivity index (χ1) is 52.1. The van der Waals surface area contributed by atoms with Gasteiger partial charge in [0, 0.05) is 6.42 Å². The minimum absolute atomic E-state index is 0.248. The van der Waals surface area contributed by atoms with Crippen molar-refractivity contribution in [3.8, 4) is 0 Å². The van der Waals surface area contributed by atoms with Crippen LogP contribution in [0.2, 0.25) is 0 Å². The number of hydrogen-bond acceptors (Lipinski definition) is 13. The Morgan fingerprint density at radius 1 is 0.349 bits per heavy atom. The predicted molar refractivity (Wildman–Crippen MR) is 442 cm³/mol. The number of hydrogen-bond donors (Lipinski definition) is 9. The molecule has 14 heteroatoms. The number of allylic oxidation sites excluding steroid dienone is 19. The third-order valence-electron chi connectivity index (χ3n) is 20.6. The zero-order valence-electron chi connectivity index (χ0n) is 67.4. The maximum absolute atomic E-state index is 13.4. The number of rotatable bonds is 73. The smallest absolute Gasteiger partial charge is 0.220 e. The molecule has 0 aromatic heterocycles. The van der Waals surface area contributed by atoms with Gasteiger partial charge in [-0.25, -0.2) is 0 Å². The summed E-state index contributed by atoms with van der Waals surface area (Å²) >= 11 is 0. The number of aliphatic hydroxyl groups is 8. The first kappa shape index (κ1) is 98.5. The Kier molecular flexibility index (Phi) is 68.9. The van der Waals surface area contributed by atoms with Crippen LogP contribution in [-0.2, 0) is 23.7 Å². The highest BCUT2D eigenvalue weighted by Gasteiger charge is 2.51. The Morgan fingerprint density at radius 3 is 1.04 bits per heavy atom. The Balaban J connectivity index is 1.59. The number of ether oxygens (including phenoxy) is 4. The van der Waals surface area contributed by atoms with E-state index in [0.717, 1.165) is 83.5 Å². The fourth-order valence-corrected chi connectivity index (χ4v) is 13.8. The monoisotopic (exact) mass is 1490 g/mol. The Morgan fingerprint density at radius 2 is 0.660 bits per heavy atom. The molecule has 0 saturated carbocycles. The SMILES string of the molecule is CC/C=C\C/C=C\C/C=C\C/C=C\C/C=C\C/C=C\C/C=C\C/C=C\CCCCCCCCCCCCCCCCCCC(=O)NC(COC1OC(CO)C(OC2OC(CO)C(O)C(O)C2O)C(O)C1O)C(O)/C=C/CC/C=C/CCCCCCCCCCCCCCCCCCCCCCCCCCC. The third-order valence-corrected chi connectivity index (χ3v) is 20.6. The van der Waals surface area contributed by atoms with Crippen molar-refractivity contribution in [1.29, 1.82) is 0 Å². The molecule has 0 aromatic rings. The minimum atomic E-state index is -1.80. The summed E-state index contributed by atoms with van der Waals surface area (Å²) in [4.78, 5) is 13.4. The molecule has 0 radical (unpaired) electrons. The number of unbranched alkanes of at least 4 members (excludes halogenated alkanes) is 42. The van der Waals surface area contributed by atoms with Gasteiger partial charge in [0.2, 0.25) is 5.91 Å². The van der Waals surface area contributed by atoms with Crippen molar-refractivity contribution in [1.82, 2.24) is 5.32 Å². The van der Waals surface area contributed by atoms with Crippen molar-refractivity contribution in [3.05, 3.63) is 122 Å². The van der Waals surface area contributed by atoms with E-state index in [4.69, 9.17) is 18.9 Å². The summed E-state index contributed by atoms with van der Waals surface area (Å²) in [5.41, 5.74) is 0. The molecule has 2 rings (SSSR count). The first-order valence-corrected chi connectivity index (χ1v) is 43.8. The van der Waals surface area contributed by atoms with Crippen LogP contribution in [0.4, 0.5) is 0 Å². The molecule has 2 saturated heterocycles. The van der Waals surface area contributed by atoms with Gasteiger partial charge in [-0.05, 0) is 96.3 Å². The zero-order valence-corrected chi connectivity index (χ0v) is 67.4. The van der Waals surface area contributed by atoms with Gasteiger partial charge in [0.05, 0.1) is 32.0 Å². The average molecular weight is 1490 g/mol. The van der Waals surface area contributed by atoms with Crippen LogP contribution in [0.25, 0.3) is 0 Å². The largest absolute Gasteiger partial charge is 0.394 e. The molecule has 2 heterocycles. The summed E-state index contributed by atoms with van der Waals surface area (Å²) in [6.07, 6.45) is 93.0. The van der Waals surface area contributed by atoms with E-state index in [-0.39, 0.29) is 18.9 Å². The van der Waals surface area contributed by atoms with Gasteiger partial charge in [-0.2, -0.15) is 0 Å². The van der Waals surface area contributed by atoms with Crippen LogP contribution >= 0.6 is 0 Å². The van der Waals surface area contributed by atoms with Gasteiger partial charge >= 0.3 is 0 Å². The highest BCUT2D eigenvalue weighted by Crippen LogP contribution is 2.30. The fourth-order valence-electron chi connectivity index (χ4n) is 13.8. The molecule has 9 N–H and O–H groups in total. The van der Waals surface area contributed by atoms with Crippen molar-refractivity contribution < 1.29 is 64.6 Å². The lowest BCUT2D eigenvalue weighted by atomic mass is 9.97. The lowest BCUT2D eigenvalue weighted by Crippen LogP contribution is -2.65. The normalized spacial score (nSPS) is 21.9. The highest BCUT2D eigenvalue weighted by atomic mass is 16.7. The maximum Gasteiger partial charge on any atom is 0.220 e. The van der Waals surface area contributed by atoms with E-state index in [1.807, 2.05) is 6.08 Å². The van der Waals surface area contributed by atoms with E-state index in [1.165, 1.54) is 244 Å². The van der Waals surface area contributed by atoms with E-state index in [0.29, 0.717) is 12.8 Å². The molecule has 2 aliphatic rings. The predicted octanol–water partition coefficient (Wildman–Crippen LogP) is 21.1. The number of amides is 1. The summed E-state index contributed by atoms with van der Waals surface area (Å²) in [7, 11) is 0. The molecule has 14 nitrogen and oxygen atoms in total. The van der Waals surface area contributed by atoms with E-state index in [9.17, 15) is 45.6 Å². The molecule has 1 amide bonds. The van der Waals surface area contributed by atoms with Gasteiger partial charge in [0.1, 0.15) is 48.8 Å². The van der Waals surface area contributed by atoms with Crippen LogP contribution in [0.1, 0.15) is 361 Å². The maximum atomic E-state index is 13.4. The van der Waals surface area contributed by atoms with Gasteiger partial charge in [0.15, 0.2) is 12.6 Å². The van der Waals surface area contributed by atoms with Gasteiger partial charge in [-0.3, -0.25) is 4.79 Å². The summed E-state index contributed by atoms with van der Waals surface area (Å²) in [6, 6.07) is -0.940. The molecule has 106 heavy (non-hydrogen) atoms. The fraction of sp³-hybridized carbons (Fsp3) is 0.772. The summed E-state index contributed by atoms with van der Waals surface area (Å²) in [6.45, 7) is 2.71. The van der Waals surface area contributed by atoms with Crippen LogP contribution in [0.5, 0.6) is 0 Å². The van der Waals surface area contributed by atoms with Crippen molar-refractivity contribution in [2.45, 2.75) is 434 Å². The van der Waals surface area contributed by atoms with E-state index < -0.39 is 86.8 Å². The lowest BCUT2D eigenvalue weighted by molar-refractivity contribution is -0.359. The molecule has 0 aliphatic carbocycles. The molecule has 12 atom stereocenters. The van der Waals surface area contributed by atoms with Crippen molar-refractivity contribution in [2.24, 2.45) is 0 Å². The number of aliphatic hydroxyl groups excluding tert-OH is 8. The van der Waals surface area contributed by atoms with Crippen LogP contribution in [0.15, 0.2) is 122 Å². The Hall–Kier alpha value is -3.61. The standard InChI is InChI=1S/C92H161NO13/c1-3-5-7-9-11-13-15-17-19-21-23-25-27-29-31-33-35-36-37-38-39-40-41-42-43-44-46-48-50-52-54-56-58-60-62-64-66-68-70-72-74-76-84(97)93-80(79-103-91-89(102)87(100)90(83(78-95)105-91)106-92-88(101)86(99)85(98)82(77-94)104-92)81(96)75-73-71-69-67-65-63-61-59-57-55-53-51-49-47-45-34-32-30-28-26-24-22-20-18-16-14-12-10-8-6-4-2/h5,7,11,13,17,19,23,25,29,31,35-36,38-39,41-42,65,67,73,75,80-83,85-92,94-96,98-102H,3-4,6,8-10,12,14-16,18,20-22,24,26-28,30,32-34,37,40,43-64,66,68-72,74,76-79H2,1-2H3,(H,93,97)/b7-5-,13-11-,19-17-,25-23-,31-29-,36-35-,39-38-,42-41-,67-65+,75-73+. The van der Waals surface area contributed by atoms with Gasteiger partial charge in [0.25, 0.3) is 0 Å². The van der Waals surface area contributed by atoms with Gasteiger partial charge in [-0.1, -0.05) is 379 Å². The molecular weight excluding hydrogens is 1330 g/mol. The molecule has 2 aliphatic heterocycles. The second-order valence-electron chi connectivity index (χ2n) is 30.3. The van der Waals surface area contributed by atoms with E-state index in [2.05, 4.69) is 129 Å². The van der Waals surface area contributed by atoms with Crippen molar-refractivity contribution >= 4 is 5.91 Å². The molecular formula is C92H161NO13. The Bertz CT molecular complexity index is 2260. The van der Waals surface area contributed by atoms with Crippen LogP contribution in [-0.4, -0.2) is 140 Å². The molecule has 0 bridgehead atoms. The second kappa shape index (κ2) is 74.2. The van der Waals surface area contributed by atoms with Gasteiger partial charge < -0.3 is 65.1 Å². The first-order valence-electron chi connectivity index (χ1n) is 43.8. The quantitative estimate of drug-likeness (QED) is 0.0204. The zero-order chi connectivity index (χ0) is 76.5. The molecule has 612 valence electrons. The molecule has 0 aromatic carbocycles. The van der Waals surface area contributed by atoms with E-state index in [1.54, 1.807) is 6.08 Å². The van der Waals surface area contributed by atoms with Gasteiger partial charge in [-0.15, -0.1) is 0 Å². The topological polar surface area (TPSA) is 228 Å². The number of carbonyl (C=O) groups excluding carboxylic acids is 1. The molecule has 2 fully saturated rings. The number of carbonyl (C=O) groups is 1. The summed E-state index contributed by atoms with van der Waals surface area (Å²) in [5, 5.41) is 87.8. The van der Waals surface area contributed by atoms with Crippen LogP contribution in [0, 0.1) is 0 Å².